The molecule has 2 nitrogen and oxygen atoms in total. The van der Waals surface area contributed by atoms with Crippen molar-refractivity contribution in [3.63, 3.8) is 0 Å². The maximum Gasteiger partial charge on any atom is 0.337 e. The summed E-state index contributed by atoms with van der Waals surface area (Å²) in [4.78, 5) is 14.2. The van der Waals surface area contributed by atoms with E-state index in [9.17, 15) is 4.79 Å². The predicted octanol–water partition coefficient (Wildman–Crippen LogP) is 5.97. The van der Waals surface area contributed by atoms with E-state index in [1.54, 1.807) is 12.1 Å². The lowest BCUT2D eigenvalue weighted by Gasteiger charge is -2.12. The molecule has 0 spiro atoms. The summed E-state index contributed by atoms with van der Waals surface area (Å²) in [7, 11) is 1.39. The van der Waals surface area contributed by atoms with Gasteiger partial charge in [0.15, 0.2) is 0 Å². The van der Waals surface area contributed by atoms with Crippen LogP contribution in [0.15, 0.2) is 52.3 Å². The van der Waals surface area contributed by atoms with Gasteiger partial charge in [-0.2, -0.15) is 0 Å². The fourth-order valence-corrected chi connectivity index (χ4v) is 5.30. The molecule has 0 radical (unpaired) electrons. The van der Waals surface area contributed by atoms with Gasteiger partial charge in [-0.1, -0.05) is 24.3 Å². The standard InChI is InChI=1S/C20H20O2S2/c1-13(11-14-5-7-15(8-6-14)19(21)22-4)16-9-10-17-18(12-16)24-20(2,3)23-17/h5-12H,1-4H3. The van der Waals surface area contributed by atoms with Crippen molar-refractivity contribution >= 4 is 41.1 Å². The fraction of sp³-hybridized carbons (Fsp3) is 0.250. The van der Waals surface area contributed by atoms with Gasteiger partial charge in [0.25, 0.3) is 0 Å². The Bertz CT molecular complexity index is 805. The second kappa shape index (κ2) is 6.69. The first kappa shape index (κ1) is 17.2. The zero-order valence-electron chi connectivity index (χ0n) is 14.3. The Morgan fingerprint density at radius 1 is 1.00 bits per heavy atom. The van der Waals surface area contributed by atoms with Crippen molar-refractivity contribution in [2.24, 2.45) is 0 Å². The Morgan fingerprint density at radius 3 is 2.29 bits per heavy atom. The number of hydrogen-bond acceptors (Lipinski definition) is 4. The minimum absolute atomic E-state index is 0.211. The second-order valence-corrected chi connectivity index (χ2v) is 9.79. The molecule has 1 aliphatic heterocycles. The molecule has 24 heavy (non-hydrogen) atoms. The molecule has 0 aliphatic carbocycles. The quantitative estimate of drug-likeness (QED) is 0.500. The topological polar surface area (TPSA) is 26.3 Å². The Morgan fingerprint density at radius 2 is 1.62 bits per heavy atom. The largest absolute Gasteiger partial charge is 0.465 e. The third-order valence-corrected chi connectivity index (χ3v) is 6.57. The summed E-state index contributed by atoms with van der Waals surface area (Å²) in [5, 5.41) is 0. The number of ether oxygens (including phenoxy) is 1. The number of carbonyl (C=O) groups excluding carboxylic acids is 1. The van der Waals surface area contributed by atoms with Crippen LogP contribution in [-0.4, -0.2) is 17.2 Å². The number of rotatable bonds is 3. The predicted molar refractivity (Wildman–Crippen MR) is 104 cm³/mol. The lowest BCUT2D eigenvalue weighted by molar-refractivity contribution is 0.0600. The maximum atomic E-state index is 11.5. The van der Waals surface area contributed by atoms with Crippen LogP contribution in [0, 0.1) is 0 Å². The number of methoxy groups -OCH3 is 1. The fourth-order valence-electron chi connectivity index (χ4n) is 2.63. The van der Waals surface area contributed by atoms with Gasteiger partial charge in [0, 0.05) is 9.79 Å². The molecule has 0 unspecified atom stereocenters. The number of fused-ring (bicyclic) bond motifs is 1. The first-order valence-electron chi connectivity index (χ1n) is 7.77. The van der Waals surface area contributed by atoms with E-state index in [4.69, 9.17) is 4.74 Å². The third kappa shape index (κ3) is 3.70. The van der Waals surface area contributed by atoms with Crippen molar-refractivity contribution in [2.45, 2.75) is 34.6 Å². The average molecular weight is 357 g/mol. The van der Waals surface area contributed by atoms with E-state index < -0.39 is 0 Å². The highest BCUT2D eigenvalue weighted by Crippen LogP contribution is 2.55. The number of hydrogen-bond donors (Lipinski definition) is 0. The van der Waals surface area contributed by atoms with Crippen molar-refractivity contribution in [1.29, 1.82) is 0 Å². The van der Waals surface area contributed by atoms with Crippen molar-refractivity contribution < 1.29 is 9.53 Å². The van der Waals surface area contributed by atoms with Crippen LogP contribution in [-0.2, 0) is 4.74 Å². The minimum atomic E-state index is -0.307. The number of benzene rings is 2. The molecule has 0 amide bonds. The summed E-state index contributed by atoms with van der Waals surface area (Å²) < 4.78 is 4.94. The molecule has 2 aromatic rings. The summed E-state index contributed by atoms with van der Waals surface area (Å²) in [6, 6.07) is 14.1. The van der Waals surface area contributed by atoms with Gasteiger partial charge in [0.2, 0.25) is 0 Å². The first-order valence-corrected chi connectivity index (χ1v) is 9.40. The van der Waals surface area contributed by atoms with Gasteiger partial charge in [-0.05, 0) is 61.7 Å². The van der Waals surface area contributed by atoms with Crippen LogP contribution >= 0.6 is 23.5 Å². The molecule has 0 saturated heterocycles. The molecule has 0 atom stereocenters. The van der Waals surface area contributed by atoms with Crippen LogP contribution in [0.4, 0.5) is 0 Å². The van der Waals surface area contributed by atoms with E-state index in [0.29, 0.717) is 5.56 Å². The van der Waals surface area contributed by atoms with Gasteiger partial charge in [-0.25, -0.2) is 4.79 Å². The van der Waals surface area contributed by atoms with E-state index >= 15 is 0 Å². The van der Waals surface area contributed by atoms with E-state index in [2.05, 4.69) is 45.0 Å². The lowest BCUT2D eigenvalue weighted by Crippen LogP contribution is -2.01. The number of carbonyl (C=O) groups is 1. The molecular weight excluding hydrogens is 336 g/mol. The highest BCUT2D eigenvalue weighted by molar-refractivity contribution is 8.20. The SMILES string of the molecule is COC(=O)c1ccc(C=C(C)c2ccc3c(c2)SC(C)(C)S3)cc1. The molecule has 0 saturated carbocycles. The van der Waals surface area contributed by atoms with Gasteiger partial charge in [-0.3, -0.25) is 0 Å². The van der Waals surface area contributed by atoms with Gasteiger partial charge in [0.1, 0.15) is 0 Å². The Kier molecular flexibility index (Phi) is 4.79. The molecule has 0 aromatic heterocycles. The van der Waals surface area contributed by atoms with Gasteiger partial charge in [-0.15, -0.1) is 23.5 Å². The smallest absolute Gasteiger partial charge is 0.337 e. The molecule has 0 bridgehead atoms. The van der Waals surface area contributed by atoms with E-state index in [1.807, 2.05) is 35.7 Å². The number of thioether (sulfide) groups is 2. The second-order valence-electron chi connectivity index (χ2n) is 6.21. The molecule has 1 heterocycles. The maximum absolute atomic E-state index is 11.5. The van der Waals surface area contributed by atoms with E-state index in [1.165, 1.54) is 28.0 Å². The van der Waals surface area contributed by atoms with Gasteiger partial charge in [0.05, 0.1) is 16.8 Å². The summed E-state index contributed by atoms with van der Waals surface area (Å²) in [5.74, 6) is -0.307. The lowest BCUT2D eigenvalue weighted by atomic mass is 10.0. The molecule has 124 valence electrons. The number of allylic oxidation sites excluding steroid dienone is 1. The Balaban J connectivity index is 1.83. The normalized spacial score (nSPS) is 15.9. The molecule has 2 aromatic carbocycles. The summed E-state index contributed by atoms with van der Waals surface area (Å²) in [5.41, 5.74) is 4.08. The van der Waals surface area contributed by atoms with E-state index in [-0.39, 0.29) is 10.0 Å². The molecule has 0 fully saturated rings. The third-order valence-electron chi connectivity index (χ3n) is 3.83. The summed E-state index contributed by atoms with van der Waals surface area (Å²) in [6.45, 7) is 6.63. The molecule has 4 heteroatoms. The molecule has 1 aliphatic rings. The van der Waals surface area contributed by atoms with Crippen LogP contribution in [0.5, 0.6) is 0 Å². The van der Waals surface area contributed by atoms with Crippen molar-refractivity contribution in [3.05, 3.63) is 59.2 Å². The highest BCUT2D eigenvalue weighted by atomic mass is 32.2. The van der Waals surface area contributed by atoms with Gasteiger partial charge >= 0.3 is 5.97 Å². The molecule has 3 rings (SSSR count). The average Bonchev–Trinajstić information content (AvgIpc) is 2.87. The van der Waals surface area contributed by atoms with Crippen LogP contribution in [0.25, 0.3) is 11.6 Å². The van der Waals surface area contributed by atoms with Crippen LogP contribution in [0.3, 0.4) is 0 Å². The van der Waals surface area contributed by atoms with Crippen molar-refractivity contribution in [1.82, 2.24) is 0 Å². The van der Waals surface area contributed by atoms with E-state index in [0.717, 1.165) is 5.56 Å². The number of esters is 1. The molecule has 0 N–H and O–H groups in total. The minimum Gasteiger partial charge on any atom is -0.465 e. The summed E-state index contributed by atoms with van der Waals surface area (Å²) in [6.07, 6.45) is 2.14. The zero-order valence-corrected chi connectivity index (χ0v) is 15.9. The summed E-state index contributed by atoms with van der Waals surface area (Å²) >= 11 is 3.85. The van der Waals surface area contributed by atoms with Gasteiger partial charge < -0.3 is 4.74 Å². The van der Waals surface area contributed by atoms with Crippen molar-refractivity contribution in [2.75, 3.05) is 7.11 Å². The Labute approximate surface area is 151 Å². The van der Waals surface area contributed by atoms with Crippen LogP contribution in [0.2, 0.25) is 0 Å². The van der Waals surface area contributed by atoms with Crippen LogP contribution in [0.1, 0.15) is 42.3 Å². The Hall–Kier alpha value is -1.65. The highest BCUT2D eigenvalue weighted by Gasteiger charge is 2.30. The molecular formula is C20H20O2S2. The van der Waals surface area contributed by atoms with Crippen LogP contribution < -0.4 is 0 Å². The monoisotopic (exact) mass is 356 g/mol. The first-order chi connectivity index (χ1) is 11.4. The van der Waals surface area contributed by atoms with Crippen molar-refractivity contribution in [3.8, 4) is 0 Å². The zero-order chi connectivity index (χ0) is 17.3.